The van der Waals surface area contributed by atoms with Crippen molar-refractivity contribution in [2.24, 2.45) is 10.6 Å². The van der Waals surface area contributed by atoms with Crippen LogP contribution in [0.5, 0.6) is 0 Å². The monoisotopic (exact) mass is 477 g/mol. The van der Waals surface area contributed by atoms with Gasteiger partial charge in [0.15, 0.2) is 5.78 Å². The molecule has 0 spiro atoms. The van der Waals surface area contributed by atoms with Crippen molar-refractivity contribution in [3.05, 3.63) is 54.1 Å². The summed E-state index contributed by atoms with van der Waals surface area (Å²) in [5.74, 6) is -0.800. The van der Waals surface area contributed by atoms with E-state index in [0.717, 1.165) is 0 Å². The summed E-state index contributed by atoms with van der Waals surface area (Å²) < 4.78 is 22.7. The Kier molecular flexibility index (Phi) is 8.22. The van der Waals surface area contributed by atoms with Gasteiger partial charge in [-0.3, -0.25) is 14.4 Å². The van der Waals surface area contributed by atoms with Gasteiger partial charge in [0.2, 0.25) is 15.9 Å². The number of benzene rings is 2. The molecule has 2 aromatic rings. The van der Waals surface area contributed by atoms with Crippen LogP contribution in [0.4, 0.5) is 5.69 Å². The van der Waals surface area contributed by atoms with Crippen molar-refractivity contribution >= 4 is 45.1 Å². The van der Waals surface area contributed by atoms with E-state index in [4.69, 9.17) is 5.14 Å². The summed E-state index contributed by atoms with van der Waals surface area (Å²) >= 11 is 1.20. The molecule has 0 unspecified atom stereocenters. The minimum absolute atomic E-state index is 0.0530. The quantitative estimate of drug-likeness (QED) is 0.500. The fourth-order valence-electron chi connectivity index (χ4n) is 2.49. The maximum atomic E-state index is 12.6. The first-order valence-electron chi connectivity index (χ1n) is 9.80. The van der Waals surface area contributed by atoms with Gasteiger partial charge in [-0.15, -0.1) is 11.8 Å². The smallest absolute Gasteiger partial charge is 0.252 e. The normalized spacial score (nSPS) is 12.7. The molecule has 0 fully saturated rings. The first-order chi connectivity index (χ1) is 14.8. The van der Waals surface area contributed by atoms with Crippen LogP contribution in [0.25, 0.3) is 0 Å². The van der Waals surface area contributed by atoms with Crippen molar-refractivity contribution in [1.82, 2.24) is 5.32 Å². The van der Waals surface area contributed by atoms with Crippen LogP contribution in [0.1, 0.15) is 38.1 Å². The average molecular weight is 478 g/mol. The number of amides is 2. The molecule has 2 aromatic carbocycles. The van der Waals surface area contributed by atoms with Crippen LogP contribution in [-0.4, -0.2) is 37.8 Å². The average Bonchev–Trinajstić information content (AvgIpc) is 2.71. The predicted molar refractivity (Wildman–Crippen MR) is 125 cm³/mol. The molecule has 2 rings (SSSR count). The number of primary sulfonamides is 1. The molecule has 0 radical (unpaired) electrons. The molecule has 4 N–H and O–H groups in total. The van der Waals surface area contributed by atoms with Crippen molar-refractivity contribution in [3.63, 3.8) is 0 Å². The summed E-state index contributed by atoms with van der Waals surface area (Å²) in [5, 5.41) is 9.86. The Labute approximate surface area is 192 Å². The predicted octanol–water partition coefficient (Wildman–Crippen LogP) is 2.80. The minimum Gasteiger partial charge on any atom is -0.345 e. The third-order valence-corrected chi connectivity index (χ3v) is 6.61. The highest BCUT2D eigenvalue weighted by Gasteiger charge is 2.23. The first kappa shape index (κ1) is 25.6. The number of hydrogen-bond donors (Lipinski definition) is 3. The molecular formula is C22H27N3O5S2. The van der Waals surface area contributed by atoms with Crippen LogP contribution in [0.15, 0.2) is 58.3 Å². The first-order valence-corrected chi connectivity index (χ1v) is 12.2. The van der Waals surface area contributed by atoms with E-state index >= 15 is 0 Å². The standard InChI is InChI=1S/C22H27N3O5S2/c1-14(20(27)25-15-9-11-16(12-10-15)32(23,29)30)31-18-8-6-5-7-17(18)21(28)24-13-19(26)22(2,3)4/h5-12,14H,13H2,1-4H3,(H,24,28)(H,25,27)(H2,23,29,30)/t14-/m1/s1. The molecule has 0 saturated heterocycles. The largest absolute Gasteiger partial charge is 0.345 e. The molecule has 0 aliphatic heterocycles. The fourth-order valence-corrected chi connectivity index (χ4v) is 4.00. The van der Waals surface area contributed by atoms with Gasteiger partial charge in [-0.1, -0.05) is 32.9 Å². The van der Waals surface area contributed by atoms with E-state index in [1.54, 1.807) is 52.0 Å². The number of rotatable bonds is 8. The van der Waals surface area contributed by atoms with Crippen LogP contribution in [-0.2, 0) is 19.6 Å². The number of ketones is 1. The van der Waals surface area contributed by atoms with Gasteiger partial charge < -0.3 is 10.6 Å². The van der Waals surface area contributed by atoms with Gasteiger partial charge in [0.05, 0.1) is 22.3 Å². The van der Waals surface area contributed by atoms with Gasteiger partial charge >= 0.3 is 0 Å². The Hall–Kier alpha value is -2.69. The van der Waals surface area contributed by atoms with Crippen LogP contribution in [0.3, 0.4) is 0 Å². The maximum Gasteiger partial charge on any atom is 0.252 e. The molecule has 0 aliphatic rings. The van der Waals surface area contributed by atoms with Crippen molar-refractivity contribution in [3.8, 4) is 0 Å². The Bertz CT molecular complexity index is 1110. The highest BCUT2D eigenvalue weighted by atomic mass is 32.2. The summed E-state index contributed by atoms with van der Waals surface area (Å²) in [4.78, 5) is 37.8. The maximum absolute atomic E-state index is 12.6. The molecule has 8 nitrogen and oxygen atoms in total. The number of hydrogen-bond acceptors (Lipinski definition) is 6. The molecule has 32 heavy (non-hydrogen) atoms. The summed E-state index contributed by atoms with van der Waals surface area (Å²) in [6.07, 6.45) is 0. The van der Waals surface area contributed by atoms with Crippen molar-refractivity contribution < 1.29 is 22.8 Å². The lowest BCUT2D eigenvalue weighted by molar-refractivity contribution is -0.125. The van der Waals surface area contributed by atoms with Gasteiger partial charge in [0, 0.05) is 16.0 Å². The zero-order valence-corrected chi connectivity index (χ0v) is 20.0. The number of Topliss-reactive ketones (excluding diaryl/α,β-unsaturated/α-hetero) is 1. The third kappa shape index (κ3) is 7.18. The second-order valence-corrected chi connectivity index (χ2v) is 11.1. The molecule has 172 valence electrons. The SMILES string of the molecule is C[C@@H](Sc1ccccc1C(=O)NCC(=O)C(C)(C)C)C(=O)Nc1ccc(S(N)(=O)=O)cc1. The minimum atomic E-state index is -3.81. The molecular weight excluding hydrogens is 450 g/mol. The third-order valence-electron chi connectivity index (χ3n) is 4.50. The zero-order valence-electron chi connectivity index (χ0n) is 18.3. The van der Waals surface area contributed by atoms with Gasteiger partial charge in [0.25, 0.3) is 5.91 Å². The number of thioether (sulfide) groups is 1. The van der Waals surface area contributed by atoms with E-state index < -0.39 is 26.6 Å². The zero-order chi connectivity index (χ0) is 24.1. The molecule has 2 amide bonds. The summed E-state index contributed by atoms with van der Waals surface area (Å²) in [7, 11) is -3.81. The summed E-state index contributed by atoms with van der Waals surface area (Å²) in [6.45, 7) is 6.97. The number of carbonyl (C=O) groups excluding carboxylic acids is 3. The second kappa shape index (κ2) is 10.3. The lowest BCUT2D eigenvalue weighted by atomic mass is 9.91. The molecule has 1 atom stereocenters. The number of nitrogens with one attached hydrogen (secondary N) is 2. The molecule has 10 heteroatoms. The Morgan fingerprint density at radius 1 is 1.03 bits per heavy atom. The topological polar surface area (TPSA) is 135 Å². The van der Waals surface area contributed by atoms with Crippen LogP contribution in [0.2, 0.25) is 0 Å². The van der Waals surface area contributed by atoms with Crippen molar-refractivity contribution in [1.29, 1.82) is 0 Å². The Balaban J connectivity index is 2.05. The second-order valence-electron chi connectivity index (χ2n) is 8.17. The van der Waals surface area contributed by atoms with Gasteiger partial charge in [0.1, 0.15) is 0 Å². The van der Waals surface area contributed by atoms with E-state index in [-0.39, 0.29) is 23.1 Å². The fraction of sp³-hybridized carbons (Fsp3) is 0.318. The van der Waals surface area contributed by atoms with Gasteiger partial charge in [-0.2, -0.15) is 0 Å². The number of sulfonamides is 1. The van der Waals surface area contributed by atoms with Crippen LogP contribution >= 0.6 is 11.8 Å². The van der Waals surface area contributed by atoms with Crippen LogP contribution in [0, 0.1) is 5.41 Å². The molecule has 0 aliphatic carbocycles. The Morgan fingerprint density at radius 2 is 1.62 bits per heavy atom. The van der Waals surface area contributed by atoms with E-state index in [1.165, 1.54) is 36.0 Å². The van der Waals surface area contributed by atoms with E-state index in [1.807, 2.05) is 0 Å². The lowest BCUT2D eigenvalue weighted by Gasteiger charge is -2.18. The van der Waals surface area contributed by atoms with E-state index in [9.17, 15) is 22.8 Å². The molecule has 0 aromatic heterocycles. The highest BCUT2D eigenvalue weighted by molar-refractivity contribution is 8.00. The van der Waals surface area contributed by atoms with Crippen molar-refractivity contribution in [2.45, 2.75) is 42.7 Å². The van der Waals surface area contributed by atoms with Gasteiger partial charge in [-0.25, -0.2) is 13.6 Å². The Morgan fingerprint density at radius 3 is 2.19 bits per heavy atom. The number of carbonyl (C=O) groups is 3. The molecule has 0 bridgehead atoms. The van der Waals surface area contributed by atoms with Crippen molar-refractivity contribution in [2.75, 3.05) is 11.9 Å². The summed E-state index contributed by atoms with van der Waals surface area (Å²) in [5.41, 5.74) is 0.235. The lowest BCUT2D eigenvalue weighted by Crippen LogP contribution is -2.35. The van der Waals surface area contributed by atoms with E-state index in [0.29, 0.717) is 16.1 Å². The number of nitrogens with two attached hydrogens (primary N) is 1. The van der Waals surface area contributed by atoms with Gasteiger partial charge in [-0.05, 0) is 43.3 Å². The van der Waals surface area contributed by atoms with E-state index in [2.05, 4.69) is 10.6 Å². The molecule has 0 saturated carbocycles. The highest BCUT2D eigenvalue weighted by Crippen LogP contribution is 2.28. The summed E-state index contributed by atoms with van der Waals surface area (Å²) in [6, 6.07) is 12.3. The molecule has 0 heterocycles. The van der Waals surface area contributed by atoms with Crippen LogP contribution < -0.4 is 15.8 Å². The number of anilines is 1.